The number of carbonyl (C=O) groups excluding carboxylic acids is 4. The van der Waals surface area contributed by atoms with Gasteiger partial charge in [0.1, 0.15) is 10.7 Å². The molecule has 2 amide bonds. The molecule has 0 saturated carbocycles. The number of hydrogen-bond donors (Lipinski definition) is 1. The molecule has 2 heterocycles. The van der Waals surface area contributed by atoms with Crippen LogP contribution in [0.15, 0.2) is 35.7 Å². The molecule has 272 valence electrons. The molecule has 3 rings (SSSR count). The van der Waals surface area contributed by atoms with Crippen LogP contribution in [0.4, 0.5) is 0 Å². The van der Waals surface area contributed by atoms with Gasteiger partial charge in [-0.25, -0.2) is 4.98 Å². The van der Waals surface area contributed by atoms with Crippen molar-refractivity contribution in [3.8, 4) is 0 Å². The average Bonchev–Trinajstić information content (AvgIpc) is 3.70. The van der Waals surface area contributed by atoms with Gasteiger partial charge in [-0.2, -0.15) is 0 Å². The SMILES string of the molecule is CC(=O)O[C@H](C[C@H](C(C)C)N(C)C(=O)[C@H](CCC(C)C)CC(=O)[C@H]1CCCN1C)c1nc(C(=O)N[C@@H](Cc2ccccc2)CC(C)C)cs1. The number of nitrogens with zero attached hydrogens (tertiary/aromatic N) is 3. The van der Waals surface area contributed by atoms with Crippen molar-refractivity contribution in [1.29, 1.82) is 0 Å². The van der Waals surface area contributed by atoms with Crippen LogP contribution in [0.3, 0.4) is 0 Å². The second kappa shape index (κ2) is 19.3. The molecule has 0 spiro atoms. The molecule has 9 nitrogen and oxygen atoms in total. The molecule has 10 heteroatoms. The van der Waals surface area contributed by atoms with Crippen LogP contribution in [-0.4, -0.2) is 77.1 Å². The largest absolute Gasteiger partial charge is 0.455 e. The quantitative estimate of drug-likeness (QED) is 0.156. The number of esters is 1. The molecular formula is C39H60N4O5S. The Balaban J connectivity index is 1.79. The average molecular weight is 697 g/mol. The second-order valence-electron chi connectivity index (χ2n) is 15.1. The van der Waals surface area contributed by atoms with E-state index in [9.17, 15) is 19.2 Å². The molecule has 1 aliphatic rings. The van der Waals surface area contributed by atoms with Gasteiger partial charge in [0.15, 0.2) is 11.9 Å². The Hall–Kier alpha value is -3.11. The summed E-state index contributed by atoms with van der Waals surface area (Å²) in [7, 11) is 3.79. The van der Waals surface area contributed by atoms with Gasteiger partial charge in [-0.3, -0.25) is 24.1 Å². The first-order chi connectivity index (χ1) is 23.2. The summed E-state index contributed by atoms with van der Waals surface area (Å²) in [5.74, 6) is -0.194. The van der Waals surface area contributed by atoms with Crippen molar-refractivity contribution in [2.45, 2.75) is 124 Å². The van der Waals surface area contributed by atoms with Crippen LogP contribution < -0.4 is 5.32 Å². The van der Waals surface area contributed by atoms with Crippen molar-refractivity contribution in [2.75, 3.05) is 20.6 Å². The van der Waals surface area contributed by atoms with Gasteiger partial charge in [0.05, 0.1) is 6.04 Å². The van der Waals surface area contributed by atoms with Crippen LogP contribution >= 0.6 is 11.3 Å². The normalized spacial score (nSPS) is 17.6. The summed E-state index contributed by atoms with van der Waals surface area (Å²) in [6.07, 6.45) is 4.71. The predicted molar refractivity (Wildman–Crippen MR) is 196 cm³/mol. The zero-order chi connectivity index (χ0) is 36.2. The summed E-state index contributed by atoms with van der Waals surface area (Å²) in [5, 5.41) is 5.41. The minimum Gasteiger partial charge on any atom is -0.455 e. The number of likely N-dealkylation sites (N-methyl/N-ethyl adjacent to an activating group) is 1. The maximum atomic E-state index is 14.2. The van der Waals surface area contributed by atoms with Crippen molar-refractivity contribution < 1.29 is 23.9 Å². The summed E-state index contributed by atoms with van der Waals surface area (Å²) in [6, 6.07) is 9.65. The highest BCUT2D eigenvalue weighted by Crippen LogP contribution is 2.32. The Morgan fingerprint density at radius 3 is 2.29 bits per heavy atom. The topological polar surface area (TPSA) is 109 Å². The van der Waals surface area contributed by atoms with Crippen molar-refractivity contribution in [1.82, 2.24) is 20.1 Å². The molecule has 5 atom stereocenters. The van der Waals surface area contributed by atoms with Crippen LogP contribution in [0.25, 0.3) is 0 Å². The minimum atomic E-state index is -0.731. The van der Waals surface area contributed by atoms with E-state index < -0.39 is 18.0 Å². The van der Waals surface area contributed by atoms with Crippen molar-refractivity contribution in [3.05, 3.63) is 52.0 Å². The van der Waals surface area contributed by atoms with Crippen molar-refractivity contribution in [3.63, 3.8) is 0 Å². The molecule has 49 heavy (non-hydrogen) atoms. The zero-order valence-corrected chi connectivity index (χ0v) is 32.1. The molecule has 1 aliphatic heterocycles. The van der Waals surface area contributed by atoms with Gasteiger partial charge in [0.2, 0.25) is 5.91 Å². The highest BCUT2D eigenvalue weighted by molar-refractivity contribution is 7.09. The van der Waals surface area contributed by atoms with E-state index >= 15 is 0 Å². The van der Waals surface area contributed by atoms with E-state index in [0.29, 0.717) is 29.7 Å². The summed E-state index contributed by atoms with van der Waals surface area (Å²) >= 11 is 1.29. The van der Waals surface area contributed by atoms with E-state index in [0.717, 1.165) is 44.2 Å². The number of rotatable bonds is 19. The lowest BCUT2D eigenvalue weighted by Gasteiger charge is -2.36. The summed E-state index contributed by atoms with van der Waals surface area (Å²) in [4.78, 5) is 61.9. The Morgan fingerprint density at radius 1 is 1.02 bits per heavy atom. The molecular weight excluding hydrogens is 637 g/mol. The third-order valence-corrected chi connectivity index (χ3v) is 10.5. The number of aromatic nitrogens is 1. The molecule has 1 saturated heterocycles. The number of nitrogens with one attached hydrogen (secondary N) is 1. The maximum absolute atomic E-state index is 14.2. The lowest BCUT2D eigenvalue weighted by Crippen LogP contribution is -2.45. The predicted octanol–water partition coefficient (Wildman–Crippen LogP) is 7.11. The fraction of sp³-hybridized carbons (Fsp3) is 0.667. The number of amides is 2. The van der Waals surface area contributed by atoms with E-state index in [1.54, 1.807) is 17.3 Å². The first kappa shape index (κ1) is 40.3. The molecule has 0 aliphatic carbocycles. The van der Waals surface area contributed by atoms with Crippen LogP contribution in [0.2, 0.25) is 0 Å². The number of ketones is 1. The lowest BCUT2D eigenvalue weighted by molar-refractivity contribution is -0.149. The van der Waals surface area contributed by atoms with Gasteiger partial charge in [-0.05, 0) is 69.0 Å². The Bertz CT molecular complexity index is 1360. The molecule has 1 aromatic carbocycles. The van der Waals surface area contributed by atoms with Crippen molar-refractivity contribution >= 4 is 34.9 Å². The molecule has 1 aromatic heterocycles. The van der Waals surface area contributed by atoms with Gasteiger partial charge in [0.25, 0.3) is 5.91 Å². The van der Waals surface area contributed by atoms with E-state index in [4.69, 9.17) is 4.74 Å². The molecule has 1 N–H and O–H groups in total. The van der Waals surface area contributed by atoms with Gasteiger partial charge in [0, 0.05) is 50.2 Å². The summed E-state index contributed by atoms with van der Waals surface area (Å²) < 4.78 is 5.82. The zero-order valence-electron chi connectivity index (χ0n) is 31.2. The Morgan fingerprint density at radius 2 is 1.71 bits per heavy atom. The van der Waals surface area contributed by atoms with E-state index in [2.05, 4.69) is 55.0 Å². The van der Waals surface area contributed by atoms with E-state index in [1.807, 2.05) is 39.1 Å². The number of hydrogen-bond acceptors (Lipinski definition) is 8. The molecule has 0 radical (unpaired) electrons. The third-order valence-electron chi connectivity index (χ3n) is 9.61. The second-order valence-corrected chi connectivity index (χ2v) is 16.0. The Kier molecular flexibility index (Phi) is 15.9. The molecule has 0 bridgehead atoms. The van der Waals surface area contributed by atoms with Gasteiger partial charge >= 0.3 is 5.97 Å². The number of Topliss-reactive ketones (excluding diaryl/α,β-unsaturated/α-hetero) is 1. The first-order valence-electron chi connectivity index (χ1n) is 18.1. The van der Waals surface area contributed by atoms with Crippen LogP contribution in [0, 0.1) is 23.7 Å². The monoisotopic (exact) mass is 696 g/mol. The standard InChI is InChI=1S/C39H60N4O5S/c1-25(2)17-18-30(22-35(45)33-16-13-19-42(33)8)39(47)43(9)34(27(5)6)23-36(48-28(7)44)38-41-32(24-49-38)37(46)40-31(20-26(3)4)21-29-14-11-10-12-15-29/h10-12,14-15,24-27,30-31,33-34,36H,13,16-23H2,1-9H3,(H,40,46)/t30-,31-,33-,34-,36-/m1/s1. The number of benzene rings is 1. The van der Waals surface area contributed by atoms with E-state index in [1.165, 1.54) is 18.3 Å². The first-order valence-corrected chi connectivity index (χ1v) is 19.0. The highest BCUT2D eigenvalue weighted by Gasteiger charge is 2.36. The number of ether oxygens (including phenoxy) is 1. The van der Waals surface area contributed by atoms with Gasteiger partial charge in [-0.15, -0.1) is 11.3 Å². The maximum Gasteiger partial charge on any atom is 0.303 e. The number of carbonyl (C=O) groups is 4. The van der Waals surface area contributed by atoms with Crippen LogP contribution in [-0.2, 0) is 25.5 Å². The Labute approximate surface area is 298 Å². The highest BCUT2D eigenvalue weighted by atomic mass is 32.1. The third kappa shape index (κ3) is 12.6. The smallest absolute Gasteiger partial charge is 0.303 e. The van der Waals surface area contributed by atoms with Gasteiger partial charge < -0.3 is 15.0 Å². The van der Waals surface area contributed by atoms with Crippen LogP contribution in [0.5, 0.6) is 0 Å². The molecule has 0 unspecified atom stereocenters. The summed E-state index contributed by atoms with van der Waals surface area (Å²) in [6.45, 7) is 14.9. The van der Waals surface area contributed by atoms with E-state index in [-0.39, 0.29) is 53.8 Å². The van der Waals surface area contributed by atoms with Crippen molar-refractivity contribution in [2.24, 2.45) is 23.7 Å². The number of thiazole rings is 1. The van der Waals surface area contributed by atoms with Gasteiger partial charge in [-0.1, -0.05) is 78.3 Å². The fourth-order valence-corrected chi connectivity index (χ4v) is 7.79. The number of likely N-dealkylation sites (tertiary alicyclic amines) is 1. The minimum absolute atomic E-state index is 0.0342. The lowest BCUT2D eigenvalue weighted by atomic mass is 9.88. The fourth-order valence-electron chi connectivity index (χ4n) is 6.95. The van der Waals surface area contributed by atoms with Crippen LogP contribution in [0.1, 0.15) is 121 Å². The molecule has 1 fully saturated rings. The summed E-state index contributed by atoms with van der Waals surface area (Å²) in [5.41, 5.74) is 1.44. The molecule has 2 aromatic rings.